The third-order valence-electron chi connectivity index (χ3n) is 3.16. The number of carbonyl (C=O) groups is 2. The minimum absolute atomic E-state index is 0.0317. The van der Waals surface area contributed by atoms with Crippen molar-refractivity contribution in [2.24, 2.45) is 0 Å². The van der Waals surface area contributed by atoms with Gasteiger partial charge in [-0.1, -0.05) is 26.2 Å². The second-order valence-corrected chi connectivity index (χ2v) is 4.67. The molecule has 0 saturated carbocycles. The van der Waals surface area contributed by atoms with Crippen LogP contribution in [0.3, 0.4) is 0 Å². The zero-order valence-electron chi connectivity index (χ0n) is 11.4. The molecule has 0 unspecified atom stereocenters. The summed E-state index contributed by atoms with van der Waals surface area (Å²) < 4.78 is 0. The van der Waals surface area contributed by atoms with Crippen molar-refractivity contribution in [3.8, 4) is 11.5 Å². The van der Waals surface area contributed by atoms with E-state index in [4.69, 9.17) is 0 Å². The lowest BCUT2D eigenvalue weighted by Gasteiger charge is -2.07. The molecule has 104 valence electrons. The molecule has 0 aliphatic heterocycles. The maximum absolute atomic E-state index is 11.9. The molecular weight excluding hydrogens is 244 g/mol. The molecule has 4 heteroatoms. The van der Waals surface area contributed by atoms with Crippen molar-refractivity contribution in [3.63, 3.8) is 0 Å². The minimum Gasteiger partial charge on any atom is -0.508 e. The summed E-state index contributed by atoms with van der Waals surface area (Å²) in [5.41, 5.74) is 0.181. The van der Waals surface area contributed by atoms with E-state index in [-0.39, 0.29) is 29.0 Å². The molecule has 0 atom stereocenters. The van der Waals surface area contributed by atoms with Crippen LogP contribution in [-0.2, 0) is 4.79 Å². The topological polar surface area (TPSA) is 74.6 Å². The fourth-order valence-corrected chi connectivity index (χ4v) is 1.85. The second kappa shape index (κ2) is 6.92. The number of hydrogen-bond acceptors (Lipinski definition) is 4. The van der Waals surface area contributed by atoms with E-state index in [9.17, 15) is 19.8 Å². The number of Topliss-reactive ketones (excluding diaryl/α,β-unsaturated/α-hetero) is 2. The molecule has 0 aliphatic carbocycles. The Bertz CT molecular complexity index is 477. The van der Waals surface area contributed by atoms with Crippen LogP contribution in [-0.4, -0.2) is 21.8 Å². The maximum atomic E-state index is 11.9. The molecule has 1 aromatic carbocycles. The number of benzene rings is 1. The molecule has 0 aromatic heterocycles. The van der Waals surface area contributed by atoms with Gasteiger partial charge < -0.3 is 10.2 Å². The van der Waals surface area contributed by atoms with Gasteiger partial charge >= 0.3 is 0 Å². The molecule has 0 radical (unpaired) electrons. The van der Waals surface area contributed by atoms with Crippen LogP contribution in [0.5, 0.6) is 11.5 Å². The maximum Gasteiger partial charge on any atom is 0.232 e. The van der Waals surface area contributed by atoms with Gasteiger partial charge in [0.2, 0.25) is 11.6 Å². The largest absolute Gasteiger partial charge is 0.508 e. The first kappa shape index (κ1) is 15.2. The Morgan fingerprint density at radius 3 is 2.42 bits per heavy atom. The van der Waals surface area contributed by atoms with Crippen molar-refractivity contribution in [1.82, 2.24) is 0 Å². The summed E-state index contributed by atoms with van der Waals surface area (Å²) >= 11 is 0. The van der Waals surface area contributed by atoms with Crippen molar-refractivity contribution in [3.05, 3.63) is 23.3 Å². The van der Waals surface area contributed by atoms with Gasteiger partial charge in [0.25, 0.3) is 0 Å². The molecule has 4 nitrogen and oxygen atoms in total. The Labute approximate surface area is 113 Å². The molecule has 0 amide bonds. The molecule has 0 heterocycles. The van der Waals surface area contributed by atoms with E-state index >= 15 is 0 Å². The minimum atomic E-state index is -0.683. The molecule has 0 spiro atoms. The summed E-state index contributed by atoms with van der Waals surface area (Å²) in [7, 11) is 0. The van der Waals surface area contributed by atoms with E-state index in [0.29, 0.717) is 6.42 Å². The Balaban J connectivity index is 2.72. The van der Waals surface area contributed by atoms with E-state index in [0.717, 1.165) is 19.3 Å². The van der Waals surface area contributed by atoms with Gasteiger partial charge in [-0.15, -0.1) is 0 Å². The quantitative estimate of drug-likeness (QED) is 0.451. The first-order chi connectivity index (χ1) is 8.99. The van der Waals surface area contributed by atoms with Gasteiger partial charge in [-0.05, 0) is 25.5 Å². The smallest absolute Gasteiger partial charge is 0.232 e. The highest BCUT2D eigenvalue weighted by atomic mass is 16.3. The van der Waals surface area contributed by atoms with Crippen LogP contribution in [0.2, 0.25) is 0 Å². The molecular formula is C15H20O4. The van der Waals surface area contributed by atoms with Crippen LogP contribution in [0.25, 0.3) is 0 Å². The van der Waals surface area contributed by atoms with Crippen molar-refractivity contribution in [1.29, 1.82) is 0 Å². The molecule has 1 rings (SSSR count). The van der Waals surface area contributed by atoms with E-state index in [1.807, 2.05) is 0 Å². The Morgan fingerprint density at radius 2 is 1.79 bits per heavy atom. The van der Waals surface area contributed by atoms with E-state index in [1.54, 1.807) is 0 Å². The number of carbonyl (C=O) groups excluding carboxylic acids is 2. The van der Waals surface area contributed by atoms with E-state index < -0.39 is 11.6 Å². The van der Waals surface area contributed by atoms with Gasteiger partial charge in [0.05, 0.1) is 5.56 Å². The lowest BCUT2D eigenvalue weighted by Crippen LogP contribution is -2.14. The van der Waals surface area contributed by atoms with Gasteiger partial charge in [0, 0.05) is 12.0 Å². The fourth-order valence-electron chi connectivity index (χ4n) is 1.85. The fraction of sp³-hybridized carbons (Fsp3) is 0.467. The average molecular weight is 264 g/mol. The normalized spacial score (nSPS) is 10.4. The summed E-state index contributed by atoms with van der Waals surface area (Å²) in [5.74, 6) is -1.58. The summed E-state index contributed by atoms with van der Waals surface area (Å²) in [6.07, 6.45) is 3.94. The highest BCUT2D eigenvalue weighted by Gasteiger charge is 2.21. The van der Waals surface area contributed by atoms with Crippen LogP contribution in [0.4, 0.5) is 0 Å². The SMILES string of the molecule is CCCCCCC(=O)C(=O)c1ccc(O)c(C)c1O. The number of phenols is 2. The number of ketones is 2. The molecule has 19 heavy (non-hydrogen) atoms. The van der Waals surface area contributed by atoms with Gasteiger partial charge in [-0.2, -0.15) is 0 Å². The van der Waals surface area contributed by atoms with Crippen LogP contribution in [0.1, 0.15) is 54.9 Å². The predicted molar refractivity (Wildman–Crippen MR) is 72.6 cm³/mol. The van der Waals surface area contributed by atoms with Crippen molar-refractivity contribution in [2.75, 3.05) is 0 Å². The van der Waals surface area contributed by atoms with Crippen LogP contribution >= 0.6 is 0 Å². The summed E-state index contributed by atoms with van der Waals surface area (Å²) in [6.45, 7) is 3.57. The molecule has 0 aliphatic rings. The summed E-state index contributed by atoms with van der Waals surface area (Å²) in [4.78, 5) is 23.6. The van der Waals surface area contributed by atoms with Crippen LogP contribution in [0, 0.1) is 6.92 Å². The molecule has 0 bridgehead atoms. The monoisotopic (exact) mass is 264 g/mol. The molecule has 2 N–H and O–H groups in total. The number of unbranched alkanes of at least 4 members (excludes halogenated alkanes) is 3. The molecule has 0 saturated heterocycles. The number of aromatic hydroxyl groups is 2. The standard InChI is InChI=1S/C15H20O4/c1-3-4-5-6-7-13(17)15(19)11-8-9-12(16)10(2)14(11)18/h8-9,16,18H,3-7H2,1-2H3. The van der Waals surface area contributed by atoms with Gasteiger partial charge in [-0.3, -0.25) is 9.59 Å². The lowest BCUT2D eigenvalue weighted by atomic mass is 9.99. The predicted octanol–water partition coefficient (Wildman–Crippen LogP) is 3.13. The lowest BCUT2D eigenvalue weighted by molar-refractivity contribution is -0.115. The first-order valence-electron chi connectivity index (χ1n) is 6.58. The molecule has 0 fully saturated rings. The van der Waals surface area contributed by atoms with E-state index in [2.05, 4.69) is 6.92 Å². The average Bonchev–Trinajstić information content (AvgIpc) is 2.40. The Morgan fingerprint density at radius 1 is 1.11 bits per heavy atom. The number of rotatable bonds is 7. The van der Waals surface area contributed by atoms with Crippen LogP contribution < -0.4 is 0 Å². The van der Waals surface area contributed by atoms with Crippen LogP contribution in [0.15, 0.2) is 12.1 Å². The molecule has 1 aromatic rings. The second-order valence-electron chi connectivity index (χ2n) is 4.67. The third-order valence-corrected chi connectivity index (χ3v) is 3.16. The Hall–Kier alpha value is -1.84. The van der Waals surface area contributed by atoms with Crippen molar-refractivity contribution in [2.45, 2.75) is 46.0 Å². The Kier molecular flexibility index (Phi) is 5.55. The highest BCUT2D eigenvalue weighted by Crippen LogP contribution is 2.30. The van der Waals surface area contributed by atoms with E-state index in [1.165, 1.54) is 19.1 Å². The van der Waals surface area contributed by atoms with Crippen molar-refractivity contribution < 1.29 is 19.8 Å². The highest BCUT2D eigenvalue weighted by molar-refractivity contribution is 6.44. The first-order valence-corrected chi connectivity index (χ1v) is 6.58. The van der Waals surface area contributed by atoms with Crippen molar-refractivity contribution >= 4 is 11.6 Å². The summed E-state index contributed by atoms with van der Waals surface area (Å²) in [5, 5.41) is 19.2. The zero-order chi connectivity index (χ0) is 14.4. The summed E-state index contributed by atoms with van der Waals surface area (Å²) in [6, 6.07) is 2.59. The van der Waals surface area contributed by atoms with Gasteiger partial charge in [0.1, 0.15) is 11.5 Å². The third kappa shape index (κ3) is 3.81. The van der Waals surface area contributed by atoms with Gasteiger partial charge in [-0.25, -0.2) is 0 Å². The number of phenolic OH excluding ortho intramolecular Hbond substituents is 2. The van der Waals surface area contributed by atoms with Gasteiger partial charge in [0.15, 0.2) is 0 Å². The number of hydrogen-bond donors (Lipinski definition) is 2. The zero-order valence-corrected chi connectivity index (χ0v) is 11.4.